The molecule has 0 radical (unpaired) electrons. The number of hydrogen-bond donors (Lipinski definition) is 2. The zero-order valence-electron chi connectivity index (χ0n) is 9.72. The molecule has 2 N–H and O–H groups in total. The standard InChI is InChI=1S/C10H18N6/c1-15-4-3-8-7(5-15)10(13-11-8)9-6-16(2)14-12-9/h6-8,10-11,13H,3-5H2,1-2H3. The maximum atomic E-state index is 4.21. The smallest absolute Gasteiger partial charge is 0.101 e. The number of rotatable bonds is 1. The summed E-state index contributed by atoms with van der Waals surface area (Å²) in [6.07, 6.45) is 3.20. The van der Waals surface area contributed by atoms with E-state index in [0.29, 0.717) is 18.0 Å². The van der Waals surface area contributed by atoms with Crippen LogP contribution in [-0.4, -0.2) is 46.1 Å². The van der Waals surface area contributed by atoms with Gasteiger partial charge >= 0.3 is 0 Å². The van der Waals surface area contributed by atoms with Crippen molar-refractivity contribution >= 4 is 0 Å². The Labute approximate surface area is 95.0 Å². The van der Waals surface area contributed by atoms with Gasteiger partial charge in [-0.3, -0.25) is 10.1 Å². The fourth-order valence-corrected chi connectivity index (χ4v) is 2.77. The molecule has 0 aliphatic carbocycles. The average molecular weight is 222 g/mol. The van der Waals surface area contributed by atoms with Crippen molar-refractivity contribution in [2.45, 2.75) is 18.5 Å². The van der Waals surface area contributed by atoms with Crippen LogP contribution >= 0.6 is 0 Å². The van der Waals surface area contributed by atoms with Crippen molar-refractivity contribution in [3.8, 4) is 0 Å². The van der Waals surface area contributed by atoms with Gasteiger partial charge < -0.3 is 4.90 Å². The second-order valence-corrected chi connectivity index (χ2v) is 4.90. The molecular weight excluding hydrogens is 204 g/mol. The van der Waals surface area contributed by atoms with E-state index < -0.39 is 0 Å². The summed E-state index contributed by atoms with van der Waals surface area (Å²) in [5, 5.41) is 8.21. The first-order valence-corrected chi connectivity index (χ1v) is 5.80. The quantitative estimate of drug-likeness (QED) is 0.657. The predicted octanol–water partition coefficient (Wildman–Crippen LogP) is -0.716. The summed E-state index contributed by atoms with van der Waals surface area (Å²) in [6.45, 7) is 2.29. The van der Waals surface area contributed by atoms with Crippen molar-refractivity contribution in [1.82, 2.24) is 30.7 Å². The molecule has 2 aliphatic rings. The van der Waals surface area contributed by atoms with E-state index in [0.717, 1.165) is 12.2 Å². The fraction of sp³-hybridized carbons (Fsp3) is 0.800. The van der Waals surface area contributed by atoms with E-state index in [1.54, 1.807) is 4.68 Å². The third-order valence-corrected chi connectivity index (χ3v) is 3.65. The average Bonchev–Trinajstić information content (AvgIpc) is 2.83. The normalized spacial score (nSPS) is 35.2. The number of aromatic nitrogens is 3. The Morgan fingerprint density at radius 2 is 2.25 bits per heavy atom. The van der Waals surface area contributed by atoms with Crippen LogP contribution in [0.5, 0.6) is 0 Å². The van der Waals surface area contributed by atoms with E-state index in [2.05, 4.69) is 33.1 Å². The number of hydrazine groups is 1. The minimum Gasteiger partial charge on any atom is -0.306 e. The second kappa shape index (κ2) is 3.80. The molecule has 6 nitrogen and oxygen atoms in total. The third kappa shape index (κ3) is 1.63. The van der Waals surface area contributed by atoms with Gasteiger partial charge in [-0.15, -0.1) is 5.10 Å². The molecule has 3 rings (SSSR count). The Hall–Kier alpha value is -0.980. The van der Waals surface area contributed by atoms with Crippen LogP contribution in [0, 0.1) is 5.92 Å². The number of hydrogen-bond acceptors (Lipinski definition) is 5. The molecule has 1 aromatic rings. The summed E-state index contributed by atoms with van der Waals surface area (Å²) < 4.78 is 1.76. The van der Waals surface area contributed by atoms with Gasteiger partial charge in [0.1, 0.15) is 5.69 Å². The first-order chi connectivity index (χ1) is 7.74. The van der Waals surface area contributed by atoms with Crippen molar-refractivity contribution < 1.29 is 0 Å². The Kier molecular flexibility index (Phi) is 2.42. The SMILES string of the molecule is CN1CCC2NNC(c3cn(C)nn3)C2C1. The van der Waals surface area contributed by atoms with E-state index >= 15 is 0 Å². The van der Waals surface area contributed by atoms with Gasteiger partial charge in [0.15, 0.2) is 0 Å². The zero-order chi connectivity index (χ0) is 11.1. The molecule has 0 amide bonds. The number of aryl methyl sites for hydroxylation is 1. The van der Waals surface area contributed by atoms with Crippen molar-refractivity contribution in [1.29, 1.82) is 0 Å². The molecular formula is C10H18N6. The molecule has 0 bridgehead atoms. The zero-order valence-corrected chi connectivity index (χ0v) is 9.72. The number of fused-ring (bicyclic) bond motifs is 1. The fourth-order valence-electron chi connectivity index (χ4n) is 2.77. The molecule has 2 aliphatic heterocycles. The van der Waals surface area contributed by atoms with Crippen LogP contribution in [0.4, 0.5) is 0 Å². The lowest BCUT2D eigenvalue weighted by Crippen LogP contribution is -2.43. The number of nitrogens with zero attached hydrogens (tertiary/aromatic N) is 4. The molecule has 1 aromatic heterocycles. The minimum atomic E-state index is 0.293. The summed E-state index contributed by atoms with van der Waals surface area (Å²) in [4.78, 5) is 2.39. The van der Waals surface area contributed by atoms with Crippen LogP contribution in [0.25, 0.3) is 0 Å². The summed E-state index contributed by atoms with van der Waals surface area (Å²) in [7, 11) is 4.09. The summed E-state index contributed by atoms with van der Waals surface area (Å²) in [5.41, 5.74) is 7.78. The van der Waals surface area contributed by atoms with Crippen molar-refractivity contribution in [3.63, 3.8) is 0 Å². The van der Waals surface area contributed by atoms with Gasteiger partial charge in [0.25, 0.3) is 0 Å². The molecule has 3 unspecified atom stereocenters. The van der Waals surface area contributed by atoms with E-state index in [1.807, 2.05) is 13.2 Å². The first-order valence-electron chi connectivity index (χ1n) is 5.80. The van der Waals surface area contributed by atoms with Gasteiger partial charge in [0, 0.05) is 31.7 Å². The lowest BCUT2D eigenvalue weighted by atomic mass is 9.87. The largest absolute Gasteiger partial charge is 0.306 e. The van der Waals surface area contributed by atoms with E-state index in [-0.39, 0.29) is 0 Å². The minimum absolute atomic E-state index is 0.293. The highest BCUT2D eigenvalue weighted by atomic mass is 15.5. The Balaban J connectivity index is 1.81. The number of piperidine rings is 1. The lowest BCUT2D eigenvalue weighted by Gasteiger charge is -2.33. The Morgan fingerprint density at radius 3 is 3.00 bits per heavy atom. The van der Waals surface area contributed by atoms with E-state index in [9.17, 15) is 0 Å². The molecule has 16 heavy (non-hydrogen) atoms. The van der Waals surface area contributed by atoms with E-state index in [1.165, 1.54) is 13.0 Å². The van der Waals surface area contributed by atoms with Crippen LogP contribution in [0.3, 0.4) is 0 Å². The second-order valence-electron chi connectivity index (χ2n) is 4.90. The van der Waals surface area contributed by atoms with E-state index in [4.69, 9.17) is 0 Å². The van der Waals surface area contributed by atoms with Gasteiger partial charge in [0.2, 0.25) is 0 Å². The molecule has 88 valence electrons. The predicted molar refractivity (Wildman–Crippen MR) is 59.4 cm³/mol. The summed E-state index contributed by atoms with van der Waals surface area (Å²) >= 11 is 0. The van der Waals surface area contributed by atoms with Gasteiger partial charge in [-0.1, -0.05) is 5.21 Å². The first kappa shape index (κ1) is 10.2. The highest BCUT2D eigenvalue weighted by molar-refractivity contribution is 5.09. The van der Waals surface area contributed by atoms with Gasteiger partial charge in [-0.2, -0.15) is 0 Å². The maximum absolute atomic E-state index is 4.21. The summed E-state index contributed by atoms with van der Waals surface area (Å²) in [6, 6.07) is 0.865. The van der Waals surface area contributed by atoms with Crippen LogP contribution in [0.2, 0.25) is 0 Å². The Bertz CT molecular complexity index is 375. The topological polar surface area (TPSA) is 58.0 Å². The monoisotopic (exact) mass is 222 g/mol. The summed E-state index contributed by atoms with van der Waals surface area (Å²) in [5.74, 6) is 0.593. The molecule has 2 fully saturated rings. The molecule has 0 spiro atoms. The molecule has 2 saturated heterocycles. The molecule has 0 saturated carbocycles. The lowest BCUT2D eigenvalue weighted by molar-refractivity contribution is 0.184. The van der Waals surface area contributed by atoms with Gasteiger partial charge in [-0.25, -0.2) is 5.43 Å². The highest BCUT2D eigenvalue weighted by Crippen LogP contribution is 2.31. The molecule has 6 heteroatoms. The van der Waals surface area contributed by atoms with Crippen molar-refractivity contribution in [2.75, 3.05) is 20.1 Å². The van der Waals surface area contributed by atoms with Crippen LogP contribution in [-0.2, 0) is 7.05 Å². The van der Waals surface area contributed by atoms with Gasteiger partial charge in [0.05, 0.1) is 6.04 Å². The third-order valence-electron chi connectivity index (χ3n) is 3.65. The van der Waals surface area contributed by atoms with Crippen LogP contribution in [0.15, 0.2) is 6.20 Å². The van der Waals surface area contributed by atoms with Gasteiger partial charge in [-0.05, 0) is 20.0 Å². The van der Waals surface area contributed by atoms with Crippen LogP contribution < -0.4 is 10.9 Å². The Morgan fingerprint density at radius 1 is 1.38 bits per heavy atom. The van der Waals surface area contributed by atoms with Crippen LogP contribution in [0.1, 0.15) is 18.2 Å². The highest BCUT2D eigenvalue weighted by Gasteiger charge is 2.40. The number of nitrogens with one attached hydrogen (secondary N) is 2. The van der Waals surface area contributed by atoms with Crippen molar-refractivity contribution in [2.24, 2.45) is 13.0 Å². The molecule has 3 atom stereocenters. The molecule has 3 heterocycles. The molecule has 0 aromatic carbocycles. The maximum Gasteiger partial charge on any atom is 0.101 e. The van der Waals surface area contributed by atoms with Crippen molar-refractivity contribution in [3.05, 3.63) is 11.9 Å². The number of likely N-dealkylation sites (tertiary alicyclic amines) is 1.